The van der Waals surface area contributed by atoms with Gasteiger partial charge in [0.25, 0.3) is 5.91 Å². The van der Waals surface area contributed by atoms with E-state index in [9.17, 15) is 35.9 Å². The van der Waals surface area contributed by atoms with Crippen molar-refractivity contribution in [2.75, 3.05) is 26.2 Å². The lowest BCUT2D eigenvalue weighted by atomic mass is 9.88. The maximum Gasteiger partial charge on any atom is 0.522 e. The second kappa shape index (κ2) is 10.1. The lowest BCUT2D eigenvalue weighted by Crippen LogP contribution is -2.50. The number of ether oxygens (including phenoxy) is 2. The molecule has 34 heavy (non-hydrogen) atoms. The number of hydrogen-bond donors (Lipinski definition) is 1. The Morgan fingerprint density at radius 1 is 1.09 bits per heavy atom. The van der Waals surface area contributed by atoms with Gasteiger partial charge in [-0.15, -0.1) is 13.2 Å². The van der Waals surface area contributed by atoms with Crippen LogP contribution in [-0.4, -0.2) is 66.5 Å². The van der Waals surface area contributed by atoms with Crippen molar-refractivity contribution in [3.63, 3.8) is 0 Å². The van der Waals surface area contributed by atoms with Crippen LogP contribution >= 0.6 is 0 Å². The fraction of sp³-hybridized carbons (Fsp3) is 0.524. The summed E-state index contributed by atoms with van der Waals surface area (Å²) in [5, 5.41) is 2.56. The zero-order valence-corrected chi connectivity index (χ0v) is 17.9. The number of nitrogens with zero attached hydrogens (tertiary/aromatic N) is 2. The van der Waals surface area contributed by atoms with Gasteiger partial charge in [-0.1, -0.05) is 6.58 Å². The molecule has 1 heterocycles. The summed E-state index contributed by atoms with van der Waals surface area (Å²) in [6.45, 7) is 4.27. The third kappa shape index (κ3) is 6.78. The smallest absolute Gasteiger partial charge is 0.484 e. The molecular formula is C21H23F6N3O4. The van der Waals surface area contributed by atoms with Crippen LogP contribution in [0.3, 0.4) is 0 Å². The molecule has 0 unspecified atom stereocenters. The standard InChI is InChI=1S/C21H23F6N3O4/c1-13(29-8-9-30(19(29)32)15-10-17(11-15)34-21(25,26)27)6-7-28-18(31)12-33-16-4-2-14(3-5-16)20(22,23)24/h2-5,15,17H,1,6-12H2,(H,28,31). The summed E-state index contributed by atoms with van der Waals surface area (Å²) in [5.41, 5.74) is -0.386. The molecule has 2 aliphatic rings. The van der Waals surface area contributed by atoms with Crippen LogP contribution in [0.2, 0.25) is 0 Å². The van der Waals surface area contributed by atoms with E-state index in [1.165, 1.54) is 9.80 Å². The lowest BCUT2D eigenvalue weighted by Gasteiger charge is -2.40. The van der Waals surface area contributed by atoms with Crippen LogP contribution in [-0.2, 0) is 15.7 Å². The molecule has 1 aromatic rings. The molecule has 1 aliphatic heterocycles. The van der Waals surface area contributed by atoms with Gasteiger partial charge < -0.3 is 15.0 Å². The van der Waals surface area contributed by atoms with E-state index in [1.54, 1.807) is 0 Å². The van der Waals surface area contributed by atoms with E-state index < -0.39 is 36.7 Å². The van der Waals surface area contributed by atoms with Gasteiger partial charge in [0.15, 0.2) is 6.61 Å². The highest BCUT2D eigenvalue weighted by molar-refractivity contribution is 5.79. The van der Waals surface area contributed by atoms with E-state index in [0.29, 0.717) is 18.8 Å². The first-order valence-electron chi connectivity index (χ1n) is 10.4. The van der Waals surface area contributed by atoms with Crippen molar-refractivity contribution in [1.82, 2.24) is 15.1 Å². The van der Waals surface area contributed by atoms with E-state index in [-0.39, 0.29) is 43.6 Å². The van der Waals surface area contributed by atoms with Gasteiger partial charge in [-0.25, -0.2) is 4.79 Å². The fourth-order valence-corrected chi connectivity index (χ4v) is 3.69. The molecule has 1 N–H and O–H groups in total. The second-order valence-corrected chi connectivity index (χ2v) is 7.92. The summed E-state index contributed by atoms with van der Waals surface area (Å²) < 4.78 is 83.5. The Morgan fingerprint density at radius 3 is 2.32 bits per heavy atom. The van der Waals surface area contributed by atoms with Crippen LogP contribution in [0.1, 0.15) is 24.8 Å². The van der Waals surface area contributed by atoms with Gasteiger partial charge in [0.05, 0.1) is 11.7 Å². The van der Waals surface area contributed by atoms with Gasteiger partial charge in [-0.3, -0.25) is 14.4 Å². The Bertz CT molecular complexity index is 897. The number of carbonyl (C=O) groups is 2. The molecule has 1 aromatic carbocycles. The number of halogens is 6. The Labute approximate surface area is 191 Å². The van der Waals surface area contributed by atoms with E-state index in [4.69, 9.17) is 4.74 Å². The summed E-state index contributed by atoms with van der Waals surface area (Å²) >= 11 is 0. The van der Waals surface area contributed by atoms with Gasteiger partial charge >= 0.3 is 18.6 Å². The quantitative estimate of drug-likeness (QED) is 0.528. The maximum atomic E-state index is 12.6. The summed E-state index contributed by atoms with van der Waals surface area (Å²) in [4.78, 5) is 27.4. The molecule has 3 rings (SSSR count). The summed E-state index contributed by atoms with van der Waals surface area (Å²) in [6.07, 6.45) is -9.64. The molecule has 3 amide bonds. The monoisotopic (exact) mass is 495 g/mol. The number of carbonyl (C=O) groups excluding carboxylic acids is 2. The minimum Gasteiger partial charge on any atom is -0.484 e. The molecule has 13 heteroatoms. The van der Waals surface area contributed by atoms with Gasteiger partial charge in [0.2, 0.25) is 0 Å². The third-order valence-corrected chi connectivity index (χ3v) is 5.52. The minimum absolute atomic E-state index is 0.106. The van der Waals surface area contributed by atoms with Crippen molar-refractivity contribution < 1.29 is 45.4 Å². The molecular weight excluding hydrogens is 472 g/mol. The highest BCUT2D eigenvalue weighted by Crippen LogP contribution is 2.35. The highest BCUT2D eigenvalue weighted by Gasteiger charge is 2.45. The largest absolute Gasteiger partial charge is 0.522 e. The van der Waals surface area contributed by atoms with Gasteiger partial charge in [-0.05, 0) is 37.1 Å². The van der Waals surface area contributed by atoms with Crippen molar-refractivity contribution in [2.45, 2.75) is 43.9 Å². The predicted octanol–water partition coefficient (Wildman–Crippen LogP) is 3.91. The van der Waals surface area contributed by atoms with Crippen LogP contribution in [0.5, 0.6) is 5.75 Å². The van der Waals surface area contributed by atoms with Gasteiger partial charge in [0.1, 0.15) is 5.75 Å². The molecule has 1 saturated heterocycles. The number of rotatable bonds is 9. The first-order valence-corrected chi connectivity index (χ1v) is 10.4. The van der Waals surface area contributed by atoms with Gasteiger partial charge in [-0.2, -0.15) is 13.2 Å². The molecule has 0 radical (unpaired) electrons. The number of nitrogens with one attached hydrogen (secondary N) is 1. The topological polar surface area (TPSA) is 71.1 Å². The van der Waals surface area contributed by atoms with Crippen molar-refractivity contribution in [2.24, 2.45) is 0 Å². The lowest BCUT2D eigenvalue weighted by molar-refractivity contribution is -0.353. The Balaban J connectivity index is 1.34. The van der Waals surface area contributed by atoms with Crippen LogP contribution < -0.4 is 10.1 Å². The third-order valence-electron chi connectivity index (χ3n) is 5.52. The Hall–Kier alpha value is -2.96. The number of urea groups is 1. The molecule has 2 fully saturated rings. The summed E-state index contributed by atoms with van der Waals surface area (Å²) in [5.74, 6) is -0.401. The van der Waals surface area contributed by atoms with Crippen LogP contribution in [0.15, 0.2) is 36.5 Å². The van der Waals surface area contributed by atoms with Crippen LogP contribution in [0.25, 0.3) is 0 Å². The Kier molecular flexibility index (Phi) is 7.64. The molecule has 0 spiro atoms. The van der Waals surface area contributed by atoms with E-state index in [1.807, 2.05) is 0 Å². The fourth-order valence-electron chi connectivity index (χ4n) is 3.69. The molecule has 1 saturated carbocycles. The average molecular weight is 495 g/mol. The van der Waals surface area contributed by atoms with Crippen LogP contribution in [0, 0.1) is 0 Å². The molecule has 188 valence electrons. The van der Waals surface area contributed by atoms with E-state index >= 15 is 0 Å². The number of benzene rings is 1. The molecule has 1 aliphatic carbocycles. The number of hydrogen-bond acceptors (Lipinski definition) is 4. The van der Waals surface area contributed by atoms with Gasteiger partial charge in [0, 0.05) is 37.8 Å². The number of alkyl halides is 6. The SMILES string of the molecule is C=C(CCNC(=O)COc1ccc(C(F)(F)F)cc1)N1CCN(C2CC(OC(F)(F)F)C2)C1=O. The first-order chi connectivity index (χ1) is 15.8. The second-order valence-electron chi connectivity index (χ2n) is 7.92. The molecule has 0 atom stereocenters. The minimum atomic E-state index is -4.70. The zero-order chi connectivity index (χ0) is 25.1. The highest BCUT2D eigenvalue weighted by atomic mass is 19.4. The van der Waals surface area contributed by atoms with Crippen molar-refractivity contribution in [1.29, 1.82) is 0 Å². The van der Waals surface area contributed by atoms with Crippen LogP contribution in [0.4, 0.5) is 31.1 Å². The molecule has 0 bridgehead atoms. The molecule has 0 aromatic heterocycles. The number of amides is 3. The first kappa shape index (κ1) is 25.7. The summed E-state index contributed by atoms with van der Waals surface area (Å²) in [7, 11) is 0. The van der Waals surface area contributed by atoms with E-state index in [2.05, 4.69) is 16.6 Å². The van der Waals surface area contributed by atoms with E-state index in [0.717, 1.165) is 24.3 Å². The molecule has 7 nitrogen and oxygen atoms in total. The van der Waals surface area contributed by atoms with Crippen molar-refractivity contribution in [3.8, 4) is 5.75 Å². The normalized spacial score (nSPS) is 20.8. The summed E-state index contributed by atoms with van der Waals surface area (Å²) in [6, 6.07) is 3.25. The average Bonchev–Trinajstić information content (AvgIpc) is 3.08. The maximum absolute atomic E-state index is 12.6. The Morgan fingerprint density at radius 2 is 1.74 bits per heavy atom. The van der Waals surface area contributed by atoms with Crippen molar-refractivity contribution in [3.05, 3.63) is 42.1 Å². The zero-order valence-electron chi connectivity index (χ0n) is 17.9. The van der Waals surface area contributed by atoms with Crippen molar-refractivity contribution >= 4 is 11.9 Å². The predicted molar refractivity (Wildman–Crippen MR) is 106 cm³/mol.